The third-order valence-electron chi connectivity index (χ3n) is 3.26. The molecule has 0 aliphatic heterocycles. The van der Waals surface area contributed by atoms with Crippen molar-refractivity contribution in [3.8, 4) is 0 Å². The van der Waals surface area contributed by atoms with Crippen molar-refractivity contribution in [1.29, 1.82) is 0 Å². The van der Waals surface area contributed by atoms with Crippen molar-refractivity contribution in [2.45, 2.75) is 19.9 Å². The number of rotatable bonds is 7. The molecule has 1 aromatic carbocycles. The Labute approximate surface area is 163 Å². The summed E-state index contributed by atoms with van der Waals surface area (Å²) in [5.41, 5.74) is 6.18. The molecule has 1 aromatic heterocycles. The van der Waals surface area contributed by atoms with E-state index in [0.717, 1.165) is 12.0 Å². The molecule has 1 amide bonds. The van der Waals surface area contributed by atoms with Gasteiger partial charge >= 0.3 is 0 Å². The molecule has 1 heterocycles. The second-order valence-electron chi connectivity index (χ2n) is 5.13. The number of nitrogens with one attached hydrogen (secondary N) is 2. The Kier molecular flexibility index (Phi) is 8.96. The van der Waals surface area contributed by atoms with Crippen LogP contribution >= 0.6 is 24.0 Å². The number of carbonyl (C=O) groups excluding carboxylic acids is 1. The average Bonchev–Trinajstić information content (AvgIpc) is 3.04. The van der Waals surface area contributed by atoms with Crippen LogP contribution in [0.3, 0.4) is 0 Å². The Bertz CT molecular complexity index is 701. The van der Waals surface area contributed by atoms with Crippen molar-refractivity contribution in [3.05, 3.63) is 59.3 Å². The van der Waals surface area contributed by atoms with Gasteiger partial charge in [-0.1, -0.05) is 12.1 Å². The van der Waals surface area contributed by atoms with Crippen molar-refractivity contribution in [1.82, 2.24) is 10.6 Å². The number of hydrogen-bond acceptors (Lipinski definition) is 3. The molecule has 136 valence electrons. The van der Waals surface area contributed by atoms with Crippen molar-refractivity contribution in [3.63, 3.8) is 0 Å². The first kappa shape index (κ1) is 20.9. The van der Waals surface area contributed by atoms with E-state index in [1.165, 1.54) is 18.2 Å². The van der Waals surface area contributed by atoms with Crippen molar-refractivity contribution >= 4 is 35.8 Å². The minimum atomic E-state index is -0.602. The molecule has 0 fully saturated rings. The molecule has 0 bridgehead atoms. The number of guanidine groups is 1. The summed E-state index contributed by atoms with van der Waals surface area (Å²) >= 11 is 0. The molecule has 8 heteroatoms. The third-order valence-corrected chi connectivity index (χ3v) is 3.26. The van der Waals surface area contributed by atoms with Crippen molar-refractivity contribution in [2.75, 3.05) is 13.1 Å². The second-order valence-corrected chi connectivity index (χ2v) is 5.13. The number of amides is 1. The highest BCUT2D eigenvalue weighted by atomic mass is 127. The van der Waals surface area contributed by atoms with E-state index in [4.69, 9.17) is 10.2 Å². The van der Waals surface area contributed by atoms with E-state index in [1.807, 2.05) is 6.92 Å². The van der Waals surface area contributed by atoms with Gasteiger partial charge < -0.3 is 20.8 Å². The van der Waals surface area contributed by atoms with Crippen LogP contribution in [0.1, 0.15) is 28.8 Å². The fraction of sp³-hybridized carbons (Fsp3) is 0.294. The number of nitrogens with two attached hydrogens (primary N) is 1. The molecule has 2 aromatic rings. The molecule has 25 heavy (non-hydrogen) atoms. The first-order valence-corrected chi connectivity index (χ1v) is 7.73. The van der Waals surface area contributed by atoms with Crippen LogP contribution in [0, 0.1) is 5.82 Å². The van der Waals surface area contributed by atoms with Gasteiger partial charge in [-0.2, -0.15) is 0 Å². The first-order valence-electron chi connectivity index (χ1n) is 7.73. The minimum absolute atomic E-state index is 0. The molecule has 0 spiro atoms. The Balaban J connectivity index is 0.00000312. The number of aliphatic imine (C=N–C) groups is 1. The Morgan fingerprint density at radius 1 is 1.20 bits per heavy atom. The van der Waals surface area contributed by atoms with E-state index >= 15 is 0 Å². The summed E-state index contributed by atoms with van der Waals surface area (Å²) in [6.07, 6.45) is 0.747. The van der Waals surface area contributed by atoms with Crippen molar-refractivity contribution < 1.29 is 13.6 Å². The van der Waals surface area contributed by atoms with Crippen LogP contribution in [0.4, 0.5) is 4.39 Å². The average molecular weight is 460 g/mol. The minimum Gasteiger partial charge on any atom is -0.454 e. The predicted octanol–water partition coefficient (Wildman–Crippen LogP) is 2.43. The maximum atomic E-state index is 12.9. The summed E-state index contributed by atoms with van der Waals surface area (Å²) in [6.45, 7) is 3.63. The summed E-state index contributed by atoms with van der Waals surface area (Å²) < 4.78 is 18.2. The van der Waals surface area contributed by atoms with E-state index in [2.05, 4.69) is 15.6 Å². The predicted molar refractivity (Wildman–Crippen MR) is 106 cm³/mol. The lowest BCUT2D eigenvalue weighted by molar-refractivity contribution is 0.0972. The summed E-state index contributed by atoms with van der Waals surface area (Å²) in [7, 11) is 0. The van der Waals surface area contributed by atoms with Crippen LogP contribution < -0.4 is 16.4 Å². The van der Waals surface area contributed by atoms with Crippen molar-refractivity contribution in [2.24, 2.45) is 10.7 Å². The largest absolute Gasteiger partial charge is 0.454 e. The number of benzene rings is 1. The topological polar surface area (TPSA) is 92.6 Å². The lowest BCUT2D eigenvalue weighted by atomic mass is 10.1. The second kappa shape index (κ2) is 10.7. The van der Waals surface area contributed by atoms with Gasteiger partial charge in [0.1, 0.15) is 18.1 Å². The fourth-order valence-corrected chi connectivity index (χ4v) is 2.07. The summed E-state index contributed by atoms with van der Waals surface area (Å²) in [4.78, 5) is 15.4. The molecule has 0 atom stereocenters. The standard InChI is InChI=1S/C17H21FN4O2.HI/c1-2-20-17(21-10-9-12-3-5-13(18)6-4-12)22-11-14-7-8-15(24-14)16(19)23;/h3-8H,2,9-11H2,1H3,(H2,19,23)(H2,20,21,22);1H. The van der Waals surface area contributed by atoms with Crippen LogP contribution in [0.5, 0.6) is 0 Å². The third kappa shape index (κ3) is 7.12. The number of carbonyl (C=O) groups is 1. The Morgan fingerprint density at radius 3 is 2.52 bits per heavy atom. The normalized spacial score (nSPS) is 10.9. The fourth-order valence-electron chi connectivity index (χ4n) is 2.07. The number of furan rings is 1. The molecule has 4 N–H and O–H groups in total. The van der Waals surface area contributed by atoms with E-state index in [-0.39, 0.29) is 35.6 Å². The highest BCUT2D eigenvalue weighted by Crippen LogP contribution is 2.08. The van der Waals surface area contributed by atoms with E-state index < -0.39 is 5.91 Å². The zero-order chi connectivity index (χ0) is 17.4. The van der Waals surface area contributed by atoms with Gasteiger partial charge in [0.15, 0.2) is 11.7 Å². The Morgan fingerprint density at radius 2 is 1.92 bits per heavy atom. The maximum Gasteiger partial charge on any atom is 0.284 e. The van der Waals surface area contributed by atoms with E-state index in [9.17, 15) is 9.18 Å². The molecule has 2 rings (SSSR count). The highest BCUT2D eigenvalue weighted by molar-refractivity contribution is 14.0. The molecule has 0 unspecified atom stereocenters. The number of nitrogens with zero attached hydrogens (tertiary/aromatic N) is 1. The van der Waals surface area contributed by atoms with Gasteiger partial charge in [0.05, 0.1) is 0 Å². The van der Waals surface area contributed by atoms with Gasteiger partial charge in [0.25, 0.3) is 5.91 Å². The molecule has 0 saturated carbocycles. The zero-order valence-electron chi connectivity index (χ0n) is 13.9. The quantitative estimate of drug-likeness (QED) is 0.336. The molecule has 0 radical (unpaired) electrons. The van der Waals surface area contributed by atoms with Crippen LogP contribution in [-0.4, -0.2) is 25.0 Å². The monoisotopic (exact) mass is 460 g/mol. The molecule has 0 aliphatic carbocycles. The molecular formula is C17H22FIN4O2. The highest BCUT2D eigenvalue weighted by Gasteiger charge is 2.07. The molecule has 0 aliphatic rings. The van der Waals surface area contributed by atoms with E-state index in [0.29, 0.717) is 31.4 Å². The lowest BCUT2D eigenvalue weighted by Gasteiger charge is -2.11. The summed E-state index contributed by atoms with van der Waals surface area (Å²) in [5, 5.41) is 6.32. The lowest BCUT2D eigenvalue weighted by Crippen LogP contribution is -2.38. The Hall–Kier alpha value is -2.10. The van der Waals surface area contributed by atoms with Gasteiger partial charge in [-0.3, -0.25) is 4.79 Å². The number of halogens is 2. The molecular weight excluding hydrogens is 438 g/mol. The molecule has 6 nitrogen and oxygen atoms in total. The van der Waals surface area contributed by atoms with Gasteiger partial charge in [0.2, 0.25) is 0 Å². The van der Waals surface area contributed by atoms with Gasteiger partial charge in [-0.15, -0.1) is 24.0 Å². The van der Waals surface area contributed by atoms with Crippen LogP contribution in [0.25, 0.3) is 0 Å². The number of primary amides is 1. The zero-order valence-corrected chi connectivity index (χ0v) is 16.3. The molecule has 0 saturated heterocycles. The maximum absolute atomic E-state index is 12.9. The van der Waals surface area contributed by atoms with Gasteiger partial charge in [-0.25, -0.2) is 9.38 Å². The van der Waals surface area contributed by atoms with Crippen LogP contribution in [-0.2, 0) is 13.0 Å². The number of hydrogen-bond donors (Lipinski definition) is 3. The van der Waals surface area contributed by atoms with Gasteiger partial charge in [0, 0.05) is 13.1 Å². The van der Waals surface area contributed by atoms with E-state index in [1.54, 1.807) is 18.2 Å². The summed E-state index contributed by atoms with van der Waals surface area (Å²) in [6, 6.07) is 9.61. The van der Waals surface area contributed by atoms with Crippen LogP contribution in [0.2, 0.25) is 0 Å². The first-order chi connectivity index (χ1) is 11.6. The van der Waals surface area contributed by atoms with Crippen LogP contribution in [0.15, 0.2) is 45.8 Å². The SMILES string of the molecule is CCNC(=NCc1ccc(C(N)=O)o1)NCCc1ccc(F)cc1.I. The smallest absolute Gasteiger partial charge is 0.284 e. The van der Waals surface area contributed by atoms with Gasteiger partial charge in [-0.05, 0) is 43.2 Å². The summed E-state index contributed by atoms with van der Waals surface area (Å²) in [5.74, 6) is 0.468.